The number of aromatic nitrogens is 2. The van der Waals surface area contributed by atoms with Crippen molar-refractivity contribution >= 4 is 0 Å². The number of rotatable bonds is 2. The van der Waals surface area contributed by atoms with Crippen molar-refractivity contribution in [1.29, 1.82) is 0 Å². The van der Waals surface area contributed by atoms with Crippen LogP contribution in [0.1, 0.15) is 26.3 Å². The van der Waals surface area contributed by atoms with Gasteiger partial charge in [0, 0.05) is 18.4 Å². The van der Waals surface area contributed by atoms with E-state index in [-0.39, 0.29) is 6.15 Å². The zero-order valence-corrected chi connectivity index (χ0v) is 6.62. The van der Waals surface area contributed by atoms with Crippen molar-refractivity contribution in [3.8, 4) is 0 Å². The van der Waals surface area contributed by atoms with Gasteiger partial charge in [-0.1, -0.05) is 6.92 Å². The van der Waals surface area contributed by atoms with Gasteiger partial charge in [0.15, 0.2) is 0 Å². The summed E-state index contributed by atoms with van der Waals surface area (Å²) >= 11 is 0. The normalized spacial score (nSPS) is 12.2. The Labute approximate surface area is 61.7 Å². The summed E-state index contributed by atoms with van der Waals surface area (Å²) in [5.74, 6) is 0. The molecule has 1 aromatic rings. The van der Waals surface area contributed by atoms with E-state index < -0.39 is 0 Å². The van der Waals surface area contributed by atoms with Crippen molar-refractivity contribution < 1.29 is 0 Å². The second-order valence-electron chi connectivity index (χ2n) is 2.27. The van der Waals surface area contributed by atoms with E-state index in [1.165, 1.54) is 0 Å². The van der Waals surface area contributed by atoms with Crippen LogP contribution in [0.5, 0.6) is 0 Å². The van der Waals surface area contributed by atoms with Gasteiger partial charge in [0.25, 0.3) is 0 Å². The van der Waals surface area contributed by atoms with Crippen LogP contribution < -0.4 is 6.15 Å². The Morgan fingerprint density at radius 3 is 2.70 bits per heavy atom. The second-order valence-corrected chi connectivity index (χ2v) is 2.27. The number of hydrogen-bond donors (Lipinski definition) is 1. The Morgan fingerprint density at radius 1 is 1.60 bits per heavy atom. The zero-order chi connectivity index (χ0) is 6.69. The molecule has 10 heavy (non-hydrogen) atoms. The average molecular weight is 141 g/mol. The first kappa shape index (κ1) is 9.17. The molecule has 0 aliphatic heterocycles. The number of nitrogens with zero attached hydrogens (tertiary/aromatic N) is 2. The van der Waals surface area contributed by atoms with Crippen LogP contribution in [0.15, 0.2) is 18.7 Å². The monoisotopic (exact) mass is 141 g/mol. The van der Waals surface area contributed by atoms with Gasteiger partial charge in [-0.25, -0.2) is 4.98 Å². The molecule has 0 fully saturated rings. The first-order valence-corrected chi connectivity index (χ1v) is 3.32. The summed E-state index contributed by atoms with van der Waals surface area (Å²) in [5, 5.41) is 0. The predicted octanol–water partition coefficient (Wildman–Crippen LogP) is 2.02. The van der Waals surface area contributed by atoms with E-state index in [4.69, 9.17) is 0 Å². The van der Waals surface area contributed by atoms with Crippen LogP contribution in [-0.2, 0) is 0 Å². The fourth-order valence-electron chi connectivity index (χ4n) is 0.741. The third-order valence-corrected chi connectivity index (χ3v) is 1.62. The summed E-state index contributed by atoms with van der Waals surface area (Å²) < 4.78 is 2.11. The van der Waals surface area contributed by atoms with Gasteiger partial charge in [0.2, 0.25) is 0 Å². The van der Waals surface area contributed by atoms with Gasteiger partial charge >= 0.3 is 0 Å². The highest BCUT2D eigenvalue weighted by atomic mass is 15.0. The van der Waals surface area contributed by atoms with Crippen molar-refractivity contribution in [2.45, 2.75) is 26.3 Å². The maximum absolute atomic E-state index is 3.95. The Balaban J connectivity index is 0.000000810. The highest BCUT2D eigenvalue weighted by Gasteiger charge is 1.96. The van der Waals surface area contributed by atoms with E-state index in [1.807, 2.05) is 18.7 Å². The van der Waals surface area contributed by atoms with E-state index >= 15 is 0 Å². The highest BCUT2D eigenvalue weighted by molar-refractivity contribution is 4.77. The van der Waals surface area contributed by atoms with Crippen LogP contribution in [0.2, 0.25) is 0 Å². The minimum atomic E-state index is 0. The van der Waals surface area contributed by atoms with Gasteiger partial charge in [-0.3, -0.25) is 0 Å². The molecule has 3 heteroatoms. The second kappa shape index (κ2) is 4.06. The van der Waals surface area contributed by atoms with Gasteiger partial charge in [-0.2, -0.15) is 0 Å². The molecule has 3 nitrogen and oxygen atoms in total. The molecule has 1 rings (SSSR count). The molecule has 0 radical (unpaired) electrons. The van der Waals surface area contributed by atoms with Gasteiger partial charge < -0.3 is 10.7 Å². The lowest BCUT2D eigenvalue weighted by Crippen LogP contribution is -1.99. The molecule has 1 atom stereocenters. The molecule has 0 saturated carbocycles. The van der Waals surface area contributed by atoms with Gasteiger partial charge in [-0.15, -0.1) is 0 Å². The van der Waals surface area contributed by atoms with Gasteiger partial charge in [0.05, 0.1) is 6.33 Å². The fraction of sp³-hybridized carbons (Fsp3) is 0.571. The van der Waals surface area contributed by atoms with Crippen molar-refractivity contribution in [3.05, 3.63) is 18.7 Å². The lowest BCUT2D eigenvalue weighted by molar-refractivity contribution is 0.530. The third kappa shape index (κ3) is 1.84. The molecule has 0 amide bonds. The standard InChI is InChI=1S/C7H12N2.H3N/c1-3-7(2)9-5-4-8-6-9;/h4-7H,3H2,1-2H3;1H3. The molecule has 58 valence electrons. The molecule has 0 spiro atoms. The minimum Gasteiger partial charge on any atom is -0.344 e. The van der Waals surface area contributed by atoms with E-state index in [9.17, 15) is 0 Å². The smallest absolute Gasteiger partial charge is 0.0948 e. The summed E-state index contributed by atoms with van der Waals surface area (Å²) in [7, 11) is 0. The van der Waals surface area contributed by atoms with Crippen molar-refractivity contribution in [3.63, 3.8) is 0 Å². The molecule has 0 aromatic carbocycles. The molecular weight excluding hydrogens is 126 g/mol. The minimum absolute atomic E-state index is 0. The van der Waals surface area contributed by atoms with Crippen LogP contribution >= 0.6 is 0 Å². The molecule has 0 saturated heterocycles. The quantitative estimate of drug-likeness (QED) is 0.685. The summed E-state index contributed by atoms with van der Waals surface area (Å²) in [6.45, 7) is 4.35. The summed E-state index contributed by atoms with van der Waals surface area (Å²) in [5.41, 5.74) is 0. The van der Waals surface area contributed by atoms with Crippen LogP contribution in [0.3, 0.4) is 0 Å². The summed E-state index contributed by atoms with van der Waals surface area (Å²) in [6, 6.07) is 0.590. The number of hydrogen-bond acceptors (Lipinski definition) is 2. The van der Waals surface area contributed by atoms with Crippen LogP contribution in [0.4, 0.5) is 0 Å². The third-order valence-electron chi connectivity index (χ3n) is 1.62. The maximum atomic E-state index is 3.95. The molecule has 0 aliphatic carbocycles. The molecule has 0 bridgehead atoms. The van der Waals surface area contributed by atoms with Gasteiger partial charge in [-0.05, 0) is 13.3 Å². The summed E-state index contributed by atoms with van der Waals surface area (Å²) in [6.07, 6.45) is 6.82. The maximum Gasteiger partial charge on any atom is 0.0948 e. The molecule has 3 N–H and O–H groups in total. The van der Waals surface area contributed by atoms with E-state index in [1.54, 1.807) is 0 Å². The van der Waals surface area contributed by atoms with Crippen molar-refractivity contribution in [1.82, 2.24) is 15.7 Å². The zero-order valence-electron chi connectivity index (χ0n) is 6.62. The highest BCUT2D eigenvalue weighted by Crippen LogP contribution is 2.06. The number of imidazole rings is 1. The first-order valence-electron chi connectivity index (χ1n) is 3.32. The fourth-order valence-corrected chi connectivity index (χ4v) is 0.741. The predicted molar refractivity (Wildman–Crippen MR) is 42.3 cm³/mol. The lowest BCUT2D eigenvalue weighted by atomic mass is 10.3. The van der Waals surface area contributed by atoms with Crippen LogP contribution in [0, 0.1) is 0 Å². The summed E-state index contributed by atoms with van der Waals surface area (Å²) in [4.78, 5) is 3.95. The van der Waals surface area contributed by atoms with E-state index in [0.717, 1.165) is 6.42 Å². The topological polar surface area (TPSA) is 52.8 Å². The van der Waals surface area contributed by atoms with Crippen LogP contribution in [0.25, 0.3) is 0 Å². The first-order chi connectivity index (χ1) is 4.34. The van der Waals surface area contributed by atoms with E-state index in [0.29, 0.717) is 6.04 Å². The van der Waals surface area contributed by atoms with E-state index in [2.05, 4.69) is 23.4 Å². The average Bonchev–Trinajstić information content (AvgIpc) is 2.37. The Morgan fingerprint density at radius 2 is 2.30 bits per heavy atom. The molecule has 0 aliphatic rings. The molecular formula is C7H15N3. The van der Waals surface area contributed by atoms with Crippen molar-refractivity contribution in [2.24, 2.45) is 0 Å². The SMILES string of the molecule is CCC(C)n1ccnc1.N. The molecule has 1 unspecified atom stereocenters. The van der Waals surface area contributed by atoms with Crippen LogP contribution in [-0.4, -0.2) is 9.55 Å². The Hall–Kier alpha value is -0.830. The molecule has 1 heterocycles. The Bertz CT molecular complexity index is 157. The Kier molecular flexibility index (Phi) is 3.72. The van der Waals surface area contributed by atoms with Crippen molar-refractivity contribution in [2.75, 3.05) is 0 Å². The molecule has 1 aromatic heterocycles. The largest absolute Gasteiger partial charge is 0.344 e. The lowest BCUT2D eigenvalue weighted by Gasteiger charge is -2.07. The van der Waals surface area contributed by atoms with Gasteiger partial charge in [0.1, 0.15) is 0 Å².